The van der Waals surface area contributed by atoms with Crippen LogP contribution in [0.5, 0.6) is 0 Å². The third kappa shape index (κ3) is 5.32. The molecule has 1 atom stereocenters. The van der Waals surface area contributed by atoms with Crippen LogP contribution in [0.4, 0.5) is 10.1 Å². The number of piperidine rings is 1. The zero-order chi connectivity index (χ0) is 16.8. The van der Waals surface area contributed by atoms with Gasteiger partial charge in [-0.05, 0) is 49.6 Å². The Morgan fingerprint density at radius 1 is 1.35 bits per heavy atom. The van der Waals surface area contributed by atoms with Crippen molar-refractivity contribution in [1.29, 1.82) is 0 Å². The van der Waals surface area contributed by atoms with Crippen molar-refractivity contribution in [2.75, 3.05) is 31.1 Å². The molecule has 5 nitrogen and oxygen atoms in total. The molecule has 126 valence electrons. The Hall–Kier alpha value is -1.95. The number of carbonyl (C=O) groups is 2. The fourth-order valence-electron chi connectivity index (χ4n) is 2.95. The van der Waals surface area contributed by atoms with Crippen LogP contribution in [-0.2, 0) is 9.59 Å². The highest BCUT2D eigenvalue weighted by atomic mass is 19.1. The number of nitrogens with two attached hydrogens (primary N) is 1. The SMILES string of the molecule is C[C@H]1CCCN(CC(=O)N(CCC(N)=O)c2ccc(F)cc2)C1. The van der Waals surface area contributed by atoms with Crippen LogP contribution in [-0.4, -0.2) is 42.9 Å². The van der Waals surface area contributed by atoms with Gasteiger partial charge in [0.25, 0.3) is 0 Å². The predicted octanol–water partition coefficient (Wildman–Crippen LogP) is 1.77. The molecule has 0 spiro atoms. The van der Waals surface area contributed by atoms with E-state index in [1.807, 2.05) is 0 Å². The number of nitrogens with zero attached hydrogens (tertiary/aromatic N) is 2. The lowest BCUT2D eigenvalue weighted by atomic mass is 10.0. The predicted molar refractivity (Wildman–Crippen MR) is 87.4 cm³/mol. The summed E-state index contributed by atoms with van der Waals surface area (Å²) in [6.45, 7) is 4.51. The number of hydrogen-bond donors (Lipinski definition) is 1. The summed E-state index contributed by atoms with van der Waals surface area (Å²) in [6, 6.07) is 5.71. The van der Waals surface area contributed by atoms with Gasteiger partial charge in [-0.3, -0.25) is 14.5 Å². The number of anilines is 1. The molecule has 1 aliphatic heterocycles. The Bertz CT molecular complexity index is 547. The van der Waals surface area contributed by atoms with Crippen LogP contribution in [0.15, 0.2) is 24.3 Å². The summed E-state index contributed by atoms with van der Waals surface area (Å²) in [7, 11) is 0. The average Bonchev–Trinajstić information content (AvgIpc) is 2.49. The summed E-state index contributed by atoms with van der Waals surface area (Å²) in [5.74, 6) is -0.328. The van der Waals surface area contributed by atoms with Crippen LogP contribution in [0.3, 0.4) is 0 Å². The first kappa shape index (κ1) is 17.4. The van der Waals surface area contributed by atoms with Crippen LogP contribution in [0.1, 0.15) is 26.2 Å². The molecule has 1 aliphatic rings. The Kier molecular flexibility index (Phi) is 6.10. The van der Waals surface area contributed by atoms with Gasteiger partial charge in [-0.25, -0.2) is 4.39 Å². The molecule has 1 aromatic rings. The molecule has 6 heteroatoms. The highest BCUT2D eigenvalue weighted by Crippen LogP contribution is 2.18. The Labute approximate surface area is 136 Å². The number of likely N-dealkylation sites (tertiary alicyclic amines) is 1. The molecule has 0 saturated carbocycles. The molecule has 23 heavy (non-hydrogen) atoms. The van der Waals surface area contributed by atoms with E-state index in [2.05, 4.69) is 11.8 Å². The standard InChI is InChI=1S/C17H24FN3O2/c1-13-3-2-9-20(11-13)12-17(23)21(10-8-16(19)22)15-6-4-14(18)5-7-15/h4-7,13H,2-3,8-12H2,1H3,(H2,19,22)/t13-/m0/s1. The van der Waals surface area contributed by atoms with Gasteiger partial charge in [-0.1, -0.05) is 6.92 Å². The van der Waals surface area contributed by atoms with Gasteiger partial charge in [0.1, 0.15) is 5.82 Å². The monoisotopic (exact) mass is 321 g/mol. The topological polar surface area (TPSA) is 66.6 Å². The molecule has 0 aliphatic carbocycles. The van der Waals surface area contributed by atoms with Crippen molar-refractivity contribution >= 4 is 17.5 Å². The van der Waals surface area contributed by atoms with Crippen molar-refractivity contribution in [3.05, 3.63) is 30.1 Å². The summed E-state index contributed by atoms with van der Waals surface area (Å²) < 4.78 is 13.1. The van der Waals surface area contributed by atoms with Crippen LogP contribution in [0.2, 0.25) is 0 Å². The molecule has 0 bridgehead atoms. The summed E-state index contributed by atoms with van der Waals surface area (Å²) in [6.07, 6.45) is 2.36. The van der Waals surface area contributed by atoms with E-state index in [-0.39, 0.29) is 24.7 Å². The average molecular weight is 321 g/mol. The zero-order valence-electron chi connectivity index (χ0n) is 13.5. The van der Waals surface area contributed by atoms with Crippen LogP contribution >= 0.6 is 0 Å². The van der Waals surface area contributed by atoms with Crippen molar-refractivity contribution in [2.24, 2.45) is 11.7 Å². The van der Waals surface area contributed by atoms with Gasteiger partial charge < -0.3 is 10.6 Å². The Balaban J connectivity index is 2.07. The smallest absolute Gasteiger partial charge is 0.241 e. The molecule has 0 aromatic heterocycles. The maximum atomic E-state index is 13.1. The van der Waals surface area contributed by atoms with Crippen molar-refractivity contribution < 1.29 is 14.0 Å². The van der Waals surface area contributed by atoms with Crippen molar-refractivity contribution in [1.82, 2.24) is 4.90 Å². The number of amides is 2. The van der Waals surface area contributed by atoms with Gasteiger partial charge in [0.05, 0.1) is 6.54 Å². The van der Waals surface area contributed by atoms with Gasteiger partial charge >= 0.3 is 0 Å². The molecule has 2 rings (SSSR count). The fraction of sp³-hybridized carbons (Fsp3) is 0.529. The zero-order valence-corrected chi connectivity index (χ0v) is 13.5. The second kappa shape index (κ2) is 8.06. The molecule has 0 unspecified atom stereocenters. The van der Waals surface area contributed by atoms with Gasteiger partial charge in [-0.2, -0.15) is 0 Å². The normalized spacial score (nSPS) is 18.6. The Morgan fingerprint density at radius 3 is 2.65 bits per heavy atom. The molecule has 1 heterocycles. The number of hydrogen-bond acceptors (Lipinski definition) is 3. The lowest BCUT2D eigenvalue weighted by Crippen LogP contribution is -2.44. The third-order valence-electron chi connectivity index (χ3n) is 4.12. The van der Waals surface area contributed by atoms with Gasteiger partial charge in [0, 0.05) is 25.2 Å². The molecule has 2 N–H and O–H groups in total. The molecule has 2 amide bonds. The van der Waals surface area contributed by atoms with Gasteiger partial charge in [-0.15, -0.1) is 0 Å². The molecule has 1 fully saturated rings. The Morgan fingerprint density at radius 2 is 2.04 bits per heavy atom. The first-order valence-electron chi connectivity index (χ1n) is 8.02. The third-order valence-corrected chi connectivity index (χ3v) is 4.12. The summed E-state index contributed by atoms with van der Waals surface area (Å²) in [4.78, 5) is 27.4. The molecular weight excluding hydrogens is 297 g/mol. The highest BCUT2D eigenvalue weighted by molar-refractivity contribution is 5.95. The largest absolute Gasteiger partial charge is 0.370 e. The minimum Gasteiger partial charge on any atom is -0.370 e. The highest BCUT2D eigenvalue weighted by Gasteiger charge is 2.23. The van der Waals surface area contributed by atoms with Crippen LogP contribution < -0.4 is 10.6 Å². The summed E-state index contributed by atoms with van der Waals surface area (Å²) in [5, 5.41) is 0. The maximum absolute atomic E-state index is 13.1. The minimum absolute atomic E-state index is 0.0829. The summed E-state index contributed by atoms with van der Waals surface area (Å²) >= 11 is 0. The fourth-order valence-corrected chi connectivity index (χ4v) is 2.95. The minimum atomic E-state index is -0.462. The van der Waals surface area contributed by atoms with E-state index in [4.69, 9.17) is 5.73 Å². The number of rotatable bonds is 6. The lowest BCUT2D eigenvalue weighted by Gasteiger charge is -2.32. The van der Waals surface area contributed by atoms with Gasteiger partial charge in [0.15, 0.2) is 0 Å². The lowest BCUT2D eigenvalue weighted by molar-refractivity contribution is -0.120. The number of halogens is 1. The van der Waals surface area contributed by atoms with E-state index in [1.54, 1.807) is 12.1 Å². The molecular formula is C17H24FN3O2. The number of primary amides is 1. The van der Waals surface area contributed by atoms with Crippen molar-refractivity contribution in [3.8, 4) is 0 Å². The maximum Gasteiger partial charge on any atom is 0.241 e. The molecule has 1 aromatic carbocycles. The quantitative estimate of drug-likeness (QED) is 0.868. The van der Waals surface area contributed by atoms with E-state index in [9.17, 15) is 14.0 Å². The van der Waals surface area contributed by atoms with Crippen LogP contribution in [0.25, 0.3) is 0 Å². The number of benzene rings is 1. The second-order valence-corrected chi connectivity index (χ2v) is 6.22. The van der Waals surface area contributed by atoms with Crippen LogP contribution in [0, 0.1) is 11.7 Å². The van der Waals surface area contributed by atoms with E-state index in [0.717, 1.165) is 19.5 Å². The molecule has 0 radical (unpaired) electrons. The van der Waals surface area contributed by atoms with E-state index >= 15 is 0 Å². The first-order chi connectivity index (χ1) is 11.0. The second-order valence-electron chi connectivity index (χ2n) is 6.22. The van der Waals surface area contributed by atoms with E-state index < -0.39 is 5.91 Å². The number of carbonyl (C=O) groups excluding carboxylic acids is 2. The van der Waals surface area contributed by atoms with Crippen molar-refractivity contribution in [2.45, 2.75) is 26.2 Å². The van der Waals surface area contributed by atoms with Gasteiger partial charge in [0.2, 0.25) is 11.8 Å². The van der Waals surface area contributed by atoms with E-state index in [1.165, 1.54) is 23.5 Å². The first-order valence-corrected chi connectivity index (χ1v) is 8.02. The molecule has 1 saturated heterocycles. The summed E-state index contributed by atoms with van der Waals surface area (Å²) in [5.41, 5.74) is 5.78. The van der Waals surface area contributed by atoms with Crippen molar-refractivity contribution in [3.63, 3.8) is 0 Å². The van der Waals surface area contributed by atoms with E-state index in [0.29, 0.717) is 18.2 Å².